The fourth-order valence-corrected chi connectivity index (χ4v) is 5.73. The molecule has 0 N–H and O–H groups in total. The Balaban J connectivity index is 1.46. The summed E-state index contributed by atoms with van der Waals surface area (Å²) in [6.45, 7) is 9.70. The Hall–Kier alpha value is -1.76. The van der Waals surface area contributed by atoms with E-state index in [2.05, 4.69) is 39.8 Å². The van der Waals surface area contributed by atoms with Gasteiger partial charge < -0.3 is 14.4 Å². The molecule has 4 rings (SSSR count). The Morgan fingerprint density at radius 3 is 2.73 bits per heavy atom. The van der Waals surface area contributed by atoms with Crippen LogP contribution in [0.25, 0.3) is 10.9 Å². The molecule has 1 aliphatic heterocycles. The third-order valence-corrected chi connectivity index (χ3v) is 7.23. The molecule has 2 aliphatic rings. The third-order valence-electron chi connectivity index (χ3n) is 6.61. The maximum atomic E-state index is 12.5. The first-order valence-corrected chi connectivity index (χ1v) is 11.6. The van der Waals surface area contributed by atoms with Gasteiger partial charge in [0.1, 0.15) is 11.4 Å². The average Bonchev–Trinajstić information content (AvgIpc) is 3.24. The maximum absolute atomic E-state index is 12.5. The van der Waals surface area contributed by atoms with Crippen LogP contribution in [0.3, 0.4) is 0 Å². The van der Waals surface area contributed by atoms with Crippen LogP contribution in [0.15, 0.2) is 22.8 Å². The second-order valence-electron chi connectivity index (χ2n) is 10.1. The number of halogens is 1. The molecule has 2 fully saturated rings. The lowest BCUT2D eigenvalue weighted by Gasteiger charge is -2.41. The van der Waals surface area contributed by atoms with Crippen molar-refractivity contribution in [2.24, 2.45) is 11.3 Å². The van der Waals surface area contributed by atoms with Crippen LogP contribution in [0.2, 0.25) is 0 Å². The number of amides is 1. The van der Waals surface area contributed by atoms with Gasteiger partial charge in [-0.1, -0.05) is 6.92 Å². The standard InChI is InChI=1S/C23H32BrN3O3/c1-15-12-23(8-9-26(14-23)21(28)30-22(2,3)4)7-6-19(15)27-13-16-10-17(24)20(29-5)11-18(16)25-27/h10-11,13,15,19H,6-9,12,14H2,1-5H3/t15-,19-,23+/m1/s1. The number of carbonyl (C=O) groups is 1. The van der Waals surface area contributed by atoms with Crippen molar-refractivity contribution in [3.05, 3.63) is 22.8 Å². The van der Waals surface area contributed by atoms with E-state index in [-0.39, 0.29) is 11.5 Å². The number of nitrogens with zero attached hydrogens (tertiary/aromatic N) is 3. The minimum Gasteiger partial charge on any atom is -0.495 e. The van der Waals surface area contributed by atoms with Crippen LogP contribution in [-0.4, -0.2) is 46.6 Å². The predicted octanol–water partition coefficient (Wildman–Crippen LogP) is 5.80. The Bertz CT molecular complexity index is 951. The van der Waals surface area contributed by atoms with E-state index >= 15 is 0 Å². The number of carbonyl (C=O) groups excluding carboxylic acids is 1. The molecule has 1 spiro atoms. The van der Waals surface area contributed by atoms with E-state index in [1.807, 2.05) is 31.7 Å². The third kappa shape index (κ3) is 4.18. The van der Waals surface area contributed by atoms with Crippen LogP contribution < -0.4 is 4.74 Å². The molecule has 30 heavy (non-hydrogen) atoms. The highest BCUT2D eigenvalue weighted by Gasteiger charge is 2.46. The molecule has 2 aromatic rings. The number of aromatic nitrogens is 2. The van der Waals surface area contributed by atoms with Gasteiger partial charge in [0.15, 0.2) is 0 Å². The van der Waals surface area contributed by atoms with Crippen LogP contribution in [0.4, 0.5) is 4.79 Å². The first kappa shape index (κ1) is 21.5. The minimum absolute atomic E-state index is 0.174. The van der Waals surface area contributed by atoms with E-state index in [9.17, 15) is 4.79 Å². The second kappa shape index (κ2) is 7.74. The van der Waals surface area contributed by atoms with Gasteiger partial charge in [-0.05, 0) is 79.8 Å². The second-order valence-corrected chi connectivity index (χ2v) is 10.9. The molecular formula is C23H32BrN3O3. The molecule has 1 saturated heterocycles. The Morgan fingerprint density at radius 2 is 2.07 bits per heavy atom. The zero-order valence-corrected chi connectivity index (χ0v) is 20.2. The fraction of sp³-hybridized carbons (Fsp3) is 0.652. The van der Waals surface area contributed by atoms with Crippen molar-refractivity contribution in [1.82, 2.24) is 14.7 Å². The molecule has 0 unspecified atom stereocenters. The average molecular weight is 478 g/mol. The van der Waals surface area contributed by atoms with Gasteiger partial charge in [0.05, 0.1) is 23.1 Å². The van der Waals surface area contributed by atoms with Gasteiger partial charge in [-0.15, -0.1) is 0 Å². The summed E-state index contributed by atoms with van der Waals surface area (Å²) in [7, 11) is 1.67. The smallest absolute Gasteiger partial charge is 0.410 e. The first-order chi connectivity index (χ1) is 14.1. The molecular weight excluding hydrogens is 446 g/mol. The van der Waals surface area contributed by atoms with E-state index in [1.165, 1.54) is 0 Å². The lowest BCUT2D eigenvalue weighted by Crippen LogP contribution is -2.39. The van der Waals surface area contributed by atoms with Crippen molar-refractivity contribution in [1.29, 1.82) is 0 Å². The molecule has 0 radical (unpaired) electrons. The van der Waals surface area contributed by atoms with Gasteiger partial charge >= 0.3 is 6.09 Å². The number of methoxy groups -OCH3 is 1. The highest BCUT2D eigenvalue weighted by molar-refractivity contribution is 9.10. The summed E-state index contributed by atoms with van der Waals surface area (Å²) < 4.78 is 14.1. The van der Waals surface area contributed by atoms with Gasteiger partial charge in [-0.3, -0.25) is 4.68 Å². The summed E-state index contributed by atoms with van der Waals surface area (Å²) in [6, 6.07) is 4.44. The summed E-state index contributed by atoms with van der Waals surface area (Å²) in [5.74, 6) is 1.30. The number of hydrogen-bond donors (Lipinski definition) is 0. The lowest BCUT2D eigenvalue weighted by molar-refractivity contribution is 0.0240. The van der Waals surface area contributed by atoms with Crippen molar-refractivity contribution >= 4 is 32.9 Å². The molecule has 0 bridgehead atoms. The van der Waals surface area contributed by atoms with Gasteiger partial charge in [-0.2, -0.15) is 5.10 Å². The summed E-state index contributed by atoms with van der Waals surface area (Å²) in [5.41, 5.74) is 0.725. The molecule has 164 valence electrons. The summed E-state index contributed by atoms with van der Waals surface area (Å²) in [6.07, 6.45) is 6.35. The predicted molar refractivity (Wildman–Crippen MR) is 121 cm³/mol. The zero-order valence-electron chi connectivity index (χ0n) is 18.6. The first-order valence-electron chi connectivity index (χ1n) is 10.8. The number of hydrogen-bond acceptors (Lipinski definition) is 4. The molecule has 1 aliphatic carbocycles. The van der Waals surface area contributed by atoms with Gasteiger partial charge in [-0.25, -0.2) is 4.79 Å². The Morgan fingerprint density at radius 1 is 1.30 bits per heavy atom. The normalized spacial score (nSPS) is 27.1. The van der Waals surface area contributed by atoms with Crippen LogP contribution in [-0.2, 0) is 4.74 Å². The number of fused-ring (bicyclic) bond motifs is 1. The van der Waals surface area contributed by atoms with Crippen molar-refractivity contribution in [2.45, 2.75) is 65.0 Å². The lowest BCUT2D eigenvalue weighted by atomic mass is 9.67. The molecule has 1 aromatic heterocycles. The van der Waals surface area contributed by atoms with E-state index in [0.717, 1.165) is 59.9 Å². The largest absolute Gasteiger partial charge is 0.495 e. The quantitative estimate of drug-likeness (QED) is 0.548. The fourth-order valence-electron chi connectivity index (χ4n) is 5.21. The van der Waals surface area contributed by atoms with E-state index in [0.29, 0.717) is 12.0 Å². The SMILES string of the molecule is COc1cc2nn([C@@H]3CC[C@]4(CCN(C(=O)OC(C)(C)C)C4)C[C@H]3C)cc2cc1Br. The topological polar surface area (TPSA) is 56.6 Å². The monoisotopic (exact) mass is 477 g/mol. The molecule has 2 heterocycles. The zero-order chi connectivity index (χ0) is 21.7. The van der Waals surface area contributed by atoms with Crippen molar-refractivity contribution in [3.8, 4) is 5.75 Å². The number of rotatable bonds is 2. The molecule has 1 aromatic carbocycles. The van der Waals surface area contributed by atoms with Gasteiger partial charge in [0.2, 0.25) is 0 Å². The minimum atomic E-state index is -0.447. The number of ether oxygens (including phenoxy) is 2. The van der Waals surface area contributed by atoms with Crippen molar-refractivity contribution in [2.75, 3.05) is 20.2 Å². The highest BCUT2D eigenvalue weighted by Crippen LogP contribution is 2.49. The number of likely N-dealkylation sites (tertiary alicyclic amines) is 1. The van der Waals surface area contributed by atoms with Gasteiger partial charge in [0, 0.05) is 30.7 Å². The molecule has 6 nitrogen and oxygen atoms in total. The summed E-state index contributed by atoms with van der Waals surface area (Å²) in [5, 5.41) is 5.98. The molecule has 3 atom stereocenters. The molecule has 1 amide bonds. The Labute approximate surface area is 187 Å². The molecule has 1 saturated carbocycles. The maximum Gasteiger partial charge on any atom is 0.410 e. The van der Waals surface area contributed by atoms with Crippen molar-refractivity contribution < 1.29 is 14.3 Å². The van der Waals surface area contributed by atoms with Crippen LogP contribution in [0.1, 0.15) is 59.4 Å². The van der Waals surface area contributed by atoms with Crippen molar-refractivity contribution in [3.63, 3.8) is 0 Å². The summed E-state index contributed by atoms with van der Waals surface area (Å²) in [4.78, 5) is 14.4. The van der Waals surface area contributed by atoms with E-state index in [4.69, 9.17) is 14.6 Å². The van der Waals surface area contributed by atoms with Crippen LogP contribution >= 0.6 is 15.9 Å². The highest BCUT2D eigenvalue weighted by atomic mass is 79.9. The summed E-state index contributed by atoms with van der Waals surface area (Å²) >= 11 is 3.57. The van der Waals surface area contributed by atoms with Crippen LogP contribution in [0, 0.1) is 11.3 Å². The Kier molecular flexibility index (Phi) is 5.54. The van der Waals surface area contributed by atoms with Crippen LogP contribution in [0.5, 0.6) is 5.75 Å². The molecule has 7 heteroatoms. The van der Waals surface area contributed by atoms with Gasteiger partial charge in [0.25, 0.3) is 0 Å². The number of benzene rings is 1. The van der Waals surface area contributed by atoms with E-state index < -0.39 is 5.60 Å². The van der Waals surface area contributed by atoms with E-state index in [1.54, 1.807) is 7.11 Å².